The van der Waals surface area contributed by atoms with Crippen LogP contribution in [0.5, 0.6) is 17.2 Å². The number of nitrogens with zero attached hydrogens (tertiary/aromatic N) is 1. The van der Waals surface area contributed by atoms with Gasteiger partial charge in [0.1, 0.15) is 5.75 Å². The number of carbonyl (C=O) groups is 2. The lowest BCUT2D eigenvalue weighted by atomic mass is 9.95. The highest BCUT2D eigenvalue weighted by atomic mass is 79.9. The molecule has 0 saturated heterocycles. The number of hydrogen-bond donors (Lipinski definition) is 3. The van der Waals surface area contributed by atoms with E-state index in [4.69, 9.17) is 31.2 Å². The van der Waals surface area contributed by atoms with Gasteiger partial charge in [0.2, 0.25) is 0 Å². The molecule has 0 unspecified atom stereocenters. The summed E-state index contributed by atoms with van der Waals surface area (Å²) in [6.07, 6.45) is 1.48. The molecule has 10 nitrogen and oxygen atoms in total. The topological polar surface area (TPSA) is 120 Å². The van der Waals surface area contributed by atoms with Gasteiger partial charge in [0.25, 0.3) is 5.91 Å². The number of hydrazone groups is 1. The van der Waals surface area contributed by atoms with Gasteiger partial charge in [-0.15, -0.1) is 0 Å². The van der Waals surface area contributed by atoms with Crippen molar-refractivity contribution in [3.05, 3.63) is 63.3 Å². The van der Waals surface area contributed by atoms with E-state index < -0.39 is 17.9 Å². The summed E-state index contributed by atoms with van der Waals surface area (Å²) in [6, 6.07) is 10.00. The van der Waals surface area contributed by atoms with Crippen LogP contribution in [0.2, 0.25) is 0 Å². The summed E-state index contributed by atoms with van der Waals surface area (Å²) >= 11 is 8.76. The highest BCUT2D eigenvalue weighted by molar-refractivity contribution is 9.10. The predicted octanol–water partition coefficient (Wildman–Crippen LogP) is 3.74. The monoisotopic (exact) mass is 604 g/mol. The maximum Gasteiger partial charge on any atom is 0.338 e. The molecule has 38 heavy (non-hydrogen) atoms. The molecule has 1 heterocycles. The lowest BCUT2D eigenvalue weighted by molar-refractivity contribution is -0.139. The van der Waals surface area contributed by atoms with Gasteiger partial charge < -0.3 is 29.6 Å². The molecule has 1 aliphatic rings. The van der Waals surface area contributed by atoms with Crippen LogP contribution in [0, 0.1) is 0 Å². The third-order valence-electron chi connectivity index (χ3n) is 5.30. The maximum atomic E-state index is 12.7. The number of methoxy groups -OCH3 is 1. The Balaban J connectivity index is 1.70. The Morgan fingerprint density at radius 3 is 2.63 bits per heavy atom. The number of para-hydroxylation sites is 1. The number of nitrogens with one attached hydrogen (secondary N) is 3. The van der Waals surface area contributed by atoms with E-state index in [9.17, 15) is 9.59 Å². The first-order chi connectivity index (χ1) is 18.3. The van der Waals surface area contributed by atoms with Crippen LogP contribution < -0.4 is 30.3 Å². The molecular formula is C26H29BrN4O6S. The average molecular weight is 606 g/mol. The Hall–Kier alpha value is -3.64. The molecule has 1 atom stereocenters. The quantitative estimate of drug-likeness (QED) is 0.152. The molecule has 0 radical (unpaired) electrons. The van der Waals surface area contributed by atoms with Crippen molar-refractivity contribution in [1.82, 2.24) is 16.1 Å². The number of allylic oxidation sites excluding steroid dienone is 1. The summed E-state index contributed by atoms with van der Waals surface area (Å²) in [6.45, 7) is 5.78. The normalized spacial score (nSPS) is 15.0. The molecule has 2 aromatic rings. The first kappa shape index (κ1) is 28.9. The maximum absolute atomic E-state index is 12.7. The molecule has 202 valence electrons. The number of benzene rings is 2. The second kappa shape index (κ2) is 13.8. The molecule has 0 saturated carbocycles. The Morgan fingerprint density at radius 1 is 1.16 bits per heavy atom. The Labute approximate surface area is 234 Å². The molecule has 12 heteroatoms. The van der Waals surface area contributed by atoms with Gasteiger partial charge in [0.05, 0.1) is 42.6 Å². The van der Waals surface area contributed by atoms with Crippen molar-refractivity contribution in [2.75, 3.05) is 26.9 Å². The number of hydrogen-bond acceptors (Lipinski definition) is 8. The van der Waals surface area contributed by atoms with E-state index in [-0.39, 0.29) is 13.2 Å². The standard InChI is InChI=1S/C26H29BrN4O6S/c1-5-35-24-18(27)11-16(12-20(24)34-4)13-28-31-21(32)14-37-19-10-8-7-9-17(19)23-22(25(33)36-6-2)15(3)29-26(38)30-23/h7-13,23H,5-6,14H2,1-4H3,(H,31,32)(H2,29,30,38)/t23-/m1/s1. The van der Waals surface area contributed by atoms with Crippen molar-refractivity contribution in [2.24, 2.45) is 5.10 Å². The average Bonchev–Trinajstić information content (AvgIpc) is 2.88. The Kier molecular flexibility index (Phi) is 10.5. The third kappa shape index (κ3) is 7.23. The van der Waals surface area contributed by atoms with E-state index in [2.05, 4.69) is 37.1 Å². The van der Waals surface area contributed by atoms with Crippen LogP contribution in [0.25, 0.3) is 0 Å². The summed E-state index contributed by atoms with van der Waals surface area (Å²) in [5.41, 5.74) is 4.71. The number of halogens is 1. The number of carbonyl (C=O) groups excluding carboxylic acids is 2. The second-order valence-corrected chi connectivity index (χ2v) is 9.14. The summed E-state index contributed by atoms with van der Waals surface area (Å²) in [7, 11) is 1.54. The van der Waals surface area contributed by atoms with Crippen molar-refractivity contribution < 1.29 is 28.5 Å². The van der Waals surface area contributed by atoms with Gasteiger partial charge in [0, 0.05) is 11.3 Å². The van der Waals surface area contributed by atoms with Gasteiger partial charge in [-0.3, -0.25) is 4.79 Å². The zero-order chi connectivity index (χ0) is 27.7. The number of esters is 1. The number of ether oxygens (including phenoxy) is 4. The SMILES string of the molecule is CCOC(=O)C1=C(C)NC(=S)N[C@@H]1c1ccccc1OCC(=O)NN=Cc1cc(Br)c(OCC)c(OC)c1. The molecule has 1 aliphatic heterocycles. The molecule has 0 fully saturated rings. The summed E-state index contributed by atoms with van der Waals surface area (Å²) < 4.78 is 22.7. The Bertz CT molecular complexity index is 1270. The van der Waals surface area contributed by atoms with Crippen LogP contribution in [0.4, 0.5) is 0 Å². The van der Waals surface area contributed by atoms with Crippen molar-refractivity contribution in [2.45, 2.75) is 26.8 Å². The van der Waals surface area contributed by atoms with Gasteiger partial charge in [0.15, 0.2) is 23.2 Å². The van der Waals surface area contributed by atoms with E-state index in [0.29, 0.717) is 55.8 Å². The summed E-state index contributed by atoms with van der Waals surface area (Å²) in [5, 5.41) is 10.4. The number of thiocarbonyl (C=S) groups is 1. The van der Waals surface area contributed by atoms with Crippen LogP contribution in [0.3, 0.4) is 0 Å². The van der Waals surface area contributed by atoms with Gasteiger partial charge in [-0.05, 0) is 72.7 Å². The fourth-order valence-electron chi connectivity index (χ4n) is 3.71. The molecule has 3 rings (SSSR count). The van der Waals surface area contributed by atoms with Gasteiger partial charge in [-0.25, -0.2) is 10.2 Å². The number of rotatable bonds is 11. The Morgan fingerprint density at radius 2 is 1.92 bits per heavy atom. The van der Waals surface area contributed by atoms with Crippen LogP contribution in [0.1, 0.15) is 37.9 Å². The molecule has 3 N–H and O–H groups in total. The minimum absolute atomic E-state index is 0.228. The smallest absolute Gasteiger partial charge is 0.338 e. The summed E-state index contributed by atoms with van der Waals surface area (Å²) in [4.78, 5) is 25.1. The van der Waals surface area contributed by atoms with Crippen LogP contribution in [-0.4, -0.2) is 50.1 Å². The van der Waals surface area contributed by atoms with Gasteiger partial charge in [-0.1, -0.05) is 18.2 Å². The highest BCUT2D eigenvalue weighted by Gasteiger charge is 2.32. The minimum atomic E-state index is -0.617. The van der Waals surface area contributed by atoms with E-state index >= 15 is 0 Å². The van der Waals surface area contributed by atoms with Crippen molar-refractivity contribution in [1.29, 1.82) is 0 Å². The van der Waals surface area contributed by atoms with Crippen molar-refractivity contribution in [3.63, 3.8) is 0 Å². The molecule has 0 spiro atoms. The molecule has 0 bridgehead atoms. The first-order valence-corrected chi connectivity index (χ1v) is 13.0. The first-order valence-electron chi connectivity index (χ1n) is 11.8. The minimum Gasteiger partial charge on any atom is -0.493 e. The van der Waals surface area contributed by atoms with Crippen molar-refractivity contribution in [3.8, 4) is 17.2 Å². The molecule has 0 aromatic heterocycles. The zero-order valence-electron chi connectivity index (χ0n) is 21.4. The lowest BCUT2D eigenvalue weighted by Gasteiger charge is -2.30. The fourth-order valence-corrected chi connectivity index (χ4v) is 4.56. The van der Waals surface area contributed by atoms with Crippen LogP contribution >= 0.6 is 28.1 Å². The van der Waals surface area contributed by atoms with E-state index in [1.807, 2.05) is 6.92 Å². The summed E-state index contributed by atoms with van der Waals surface area (Å²) in [5.74, 6) is 0.578. The zero-order valence-corrected chi connectivity index (χ0v) is 23.8. The highest BCUT2D eigenvalue weighted by Crippen LogP contribution is 2.36. The third-order valence-corrected chi connectivity index (χ3v) is 6.11. The fraction of sp³-hybridized carbons (Fsp3) is 0.308. The van der Waals surface area contributed by atoms with E-state index in [1.54, 1.807) is 57.4 Å². The molecule has 0 aliphatic carbocycles. The number of amides is 1. The molecule has 1 amide bonds. The lowest BCUT2D eigenvalue weighted by Crippen LogP contribution is -2.45. The largest absolute Gasteiger partial charge is 0.493 e. The van der Waals surface area contributed by atoms with Crippen LogP contribution in [-0.2, 0) is 14.3 Å². The van der Waals surface area contributed by atoms with Gasteiger partial charge >= 0.3 is 5.97 Å². The second-order valence-electron chi connectivity index (χ2n) is 7.88. The van der Waals surface area contributed by atoms with E-state index in [0.717, 1.165) is 0 Å². The van der Waals surface area contributed by atoms with Gasteiger partial charge in [-0.2, -0.15) is 5.10 Å². The van der Waals surface area contributed by atoms with Crippen LogP contribution in [0.15, 0.2) is 57.2 Å². The molecular weight excluding hydrogens is 576 g/mol. The predicted molar refractivity (Wildman–Crippen MR) is 150 cm³/mol. The van der Waals surface area contributed by atoms with E-state index in [1.165, 1.54) is 6.21 Å². The van der Waals surface area contributed by atoms with Crippen molar-refractivity contribution >= 4 is 51.4 Å². The molecule has 2 aromatic carbocycles.